The van der Waals surface area contributed by atoms with Crippen LogP contribution in [0.4, 0.5) is 4.79 Å². The largest absolute Gasteiger partial charge is 0.438 e. The molecule has 5 rings (SSSR count). The predicted molar refractivity (Wildman–Crippen MR) is 164 cm³/mol. The molecule has 11 heteroatoms. The summed E-state index contributed by atoms with van der Waals surface area (Å²) in [6.07, 6.45) is 3.82. The van der Waals surface area contributed by atoms with Crippen molar-refractivity contribution in [3.05, 3.63) is 35.9 Å². The van der Waals surface area contributed by atoms with Crippen LogP contribution in [-0.4, -0.2) is 71.1 Å². The molecule has 6 atom stereocenters. The Kier molecular flexibility index (Phi) is 9.37. The molecule has 1 aromatic rings. The number of primary amides is 1. The standard InChI is InChI=1S/C34H46N4O7/c1-18(2)29(27(39)21-13-9-6-10-14-21)45-33(44)37-25(19-11-7-5-8-12-19)32(43)38-17-22-23(34(22,3)4)26(38)31(42)36-24(20-15-16-20)28(40)30(35)41/h6,9-10,13-14,18-20,22-26,29H,5,7-8,11-12,15-17H2,1-4H3,(H2,35,41)(H,36,42)(H,37,44)/t22-,23-,24?,25-,26-,29-/m0/s1. The lowest BCUT2D eigenvalue weighted by Gasteiger charge is -2.37. The van der Waals surface area contributed by atoms with Gasteiger partial charge in [-0.2, -0.15) is 0 Å². The highest BCUT2D eigenvalue weighted by molar-refractivity contribution is 6.38. The average Bonchev–Trinajstić information content (AvgIpc) is 3.90. The van der Waals surface area contributed by atoms with Gasteiger partial charge in [0, 0.05) is 12.1 Å². The van der Waals surface area contributed by atoms with Crippen LogP contribution in [0.3, 0.4) is 0 Å². The van der Waals surface area contributed by atoms with Crippen molar-refractivity contribution >= 4 is 35.4 Å². The number of fused-ring (bicyclic) bond motifs is 1. The summed E-state index contributed by atoms with van der Waals surface area (Å²) >= 11 is 0. The van der Waals surface area contributed by atoms with Gasteiger partial charge in [0.2, 0.25) is 23.4 Å². The molecule has 11 nitrogen and oxygen atoms in total. The summed E-state index contributed by atoms with van der Waals surface area (Å²) in [6, 6.07) is 5.82. The number of nitrogens with zero attached hydrogens (tertiary/aromatic N) is 1. The van der Waals surface area contributed by atoms with Crippen LogP contribution in [-0.2, 0) is 23.9 Å². The van der Waals surface area contributed by atoms with E-state index < -0.39 is 47.9 Å². The summed E-state index contributed by atoms with van der Waals surface area (Å²) in [7, 11) is 0. The number of rotatable bonds is 12. The first-order valence-corrected chi connectivity index (χ1v) is 16.3. The first kappa shape index (κ1) is 32.6. The summed E-state index contributed by atoms with van der Waals surface area (Å²) in [4.78, 5) is 80.7. The molecule has 1 heterocycles. The van der Waals surface area contributed by atoms with Crippen molar-refractivity contribution in [2.24, 2.45) is 40.7 Å². The molecular weight excluding hydrogens is 576 g/mol. The molecule has 0 spiro atoms. The lowest BCUT2D eigenvalue weighted by atomic mass is 9.83. The highest BCUT2D eigenvalue weighted by Gasteiger charge is 2.70. The second-order valence-corrected chi connectivity index (χ2v) is 14.3. The Morgan fingerprint density at radius 2 is 1.51 bits per heavy atom. The molecule has 4 amide bonds. The summed E-state index contributed by atoms with van der Waals surface area (Å²) in [6.45, 7) is 8.04. The fourth-order valence-corrected chi connectivity index (χ4v) is 7.59. The van der Waals surface area contributed by atoms with Crippen LogP contribution < -0.4 is 16.4 Å². The highest BCUT2D eigenvalue weighted by atomic mass is 16.6. The number of Topliss-reactive ketones (excluding diaryl/α,β-unsaturated/α-hetero) is 2. The van der Waals surface area contributed by atoms with Crippen molar-refractivity contribution in [2.75, 3.05) is 6.54 Å². The molecule has 0 aromatic heterocycles. The van der Waals surface area contributed by atoms with Crippen molar-refractivity contribution in [3.8, 4) is 0 Å². The van der Waals surface area contributed by atoms with Crippen LogP contribution >= 0.6 is 0 Å². The number of piperidine rings is 1. The van der Waals surface area contributed by atoms with E-state index in [4.69, 9.17) is 10.5 Å². The molecule has 3 saturated carbocycles. The van der Waals surface area contributed by atoms with Gasteiger partial charge in [-0.05, 0) is 60.7 Å². The van der Waals surface area contributed by atoms with E-state index in [1.807, 2.05) is 0 Å². The van der Waals surface area contributed by atoms with Crippen molar-refractivity contribution in [1.82, 2.24) is 15.5 Å². The molecular formula is C34H46N4O7. The van der Waals surface area contributed by atoms with Crippen LogP contribution in [0.15, 0.2) is 30.3 Å². The Labute approximate surface area is 264 Å². The molecule has 4 fully saturated rings. The predicted octanol–water partition coefficient (Wildman–Crippen LogP) is 3.00. The van der Waals surface area contributed by atoms with Crippen LogP contribution in [0.1, 0.15) is 83.0 Å². The Morgan fingerprint density at radius 3 is 2.09 bits per heavy atom. The SMILES string of the molecule is CC(C)[C@H](OC(=O)N[C@H](C(=O)N1C[C@H]2[C@@H]([C@H]1C(=O)NC(C(=O)C(N)=O)C1CC1)C2(C)C)C1CCCCC1)C(=O)c1ccccc1. The molecule has 45 heavy (non-hydrogen) atoms. The summed E-state index contributed by atoms with van der Waals surface area (Å²) in [5, 5.41) is 5.59. The summed E-state index contributed by atoms with van der Waals surface area (Å²) < 4.78 is 5.70. The van der Waals surface area contributed by atoms with E-state index in [1.54, 1.807) is 49.1 Å². The van der Waals surface area contributed by atoms with Gasteiger partial charge >= 0.3 is 6.09 Å². The fourth-order valence-electron chi connectivity index (χ4n) is 7.59. The van der Waals surface area contributed by atoms with E-state index in [9.17, 15) is 28.8 Å². The van der Waals surface area contributed by atoms with Gasteiger partial charge in [0.15, 0.2) is 6.10 Å². The molecule has 0 bridgehead atoms. The maximum absolute atomic E-state index is 14.4. The molecule has 0 radical (unpaired) electrons. The lowest BCUT2D eigenvalue weighted by molar-refractivity contribution is -0.144. The Balaban J connectivity index is 1.36. The van der Waals surface area contributed by atoms with Crippen molar-refractivity contribution in [1.29, 1.82) is 0 Å². The Morgan fingerprint density at radius 1 is 0.889 bits per heavy atom. The molecule has 1 aromatic carbocycles. The van der Waals surface area contributed by atoms with Crippen LogP contribution in [0.2, 0.25) is 0 Å². The van der Waals surface area contributed by atoms with Crippen LogP contribution in [0, 0.1) is 35.0 Å². The number of ketones is 2. The van der Waals surface area contributed by atoms with Crippen molar-refractivity contribution in [2.45, 2.75) is 96.9 Å². The van der Waals surface area contributed by atoms with Gasteiger partial charge in [-0.15, -0.1) is 0 Å². The van der Waals surface area contributed by atoms with Gasteiger partial charge in [0.25, 0.3) is 5.91 Å². The molecule has 1 unspecified atom stereocenters. The van der Waals surface area contributed by atoms with E-state index in [-0.39, 0.29) is 46.7 Å². The zero-order valence-corrected chi connectivity index (χ0v) is 26.6. The van der Waals surface area contributed by atoms with Crippen LogP contribution in [0.25, 0.3) is 0 Å². The van der Waals surface area contributed by atoms with Gasteiger partial charge in [0.1, 0.15) is 18.1 Å². The molecule has 1 aliphatic heterocycles. The number of benzene rings is 1. The monoisotopic (exact) mass is 622 g/mol. The van der Waals surface area contributed by atoms with Gasteiger partial charge in [-0.3, -0.25) is 24.0 Å². The lowest BCUT2D eigenvalue weighted by Crippen LogP contribution is -2.60. The first-order valence-electron chi connectivity index (χ1n) is 16.3. The molecule has 4 aliphatic rings. The Bertz CT molecular complexity index is 1340. The number of amides is 4. The second-order valence-electron chi connectivity index (χ2n) is 14.3. The normalized spacial score (nSPS) is 25.8. The van der Waals surface area contributed by atoms with E-state index in [2.05, 4.69) is 24.5 Å². The zero-order chi connectivity index (χ0) is 32.6. The smallest absolute Gasteiger partial charge is 0.408 e. The minimum atomic E-state index is -1.10. The number of carbonyl (C=O) groups is 6. The minimum absolute atomic E-state index is 0.0798. The molecule has 4 N–H and O–H groups in total. The number of carbonyl (C=O) groups excluding carboxylic acids is 6. The van der Waals surface area contributed by atoms with Gasteiger partial charge in [-0.1, -0.05) is 77.3 Å². The van der Waals surface area contributed by atoms with E-state index in [0.29, 0.717) is 24.9 Å². The third-order valence-corrected chi connectivity index (χ3v) is 10.5. The average molecular weight is 623 g/mol. The van der Waals surface area contributed by atoms with Crippen molar-refractivity contribution in [3.63, 3.8) is 0 Å². The highest BCUT2D eigenvalue weighted by Crippen LogP contribution is 2.65. The number of hydrogen-bond donors (Lipinski definition) is 3. The number of nitrogens with two attached hydrogens (primary N) is 1. The summed E-state index contributed by atoms with van der Waals surface area (Å²) in [5.41, 5.74) is 5.52. The molecule has 244 valence electrons. The first-order chi connectivity index (χ1) is 21.3. The second kappa shape index (κ2) is 12.9. The fraction of sp³-hybridized carbons (Fsp3) is 0.647. The third-order valence-electron chi connectivity index (χ3n) is 10.5. The van der Waals surface area contributed by atoms with Gasteiger partial charge < -0.3 is 26.0 Å². The third kappa shape index (κ3) is 6.77. The maximum atomic E-state index is 14.4. The quantitative estimate of drug-likeness (QED) is 0.238. The van der Waals surface area contributed by atoms with E-state index in [1.165, 1.54) is 0 Å². The topological polar surface area (TPSA) is 165 Å². The number of ether oxygens (including phenoxy) is 1. The molecule has 3 aliphatic carbocycles. The summed E-state index contributed by atoms with van der Waals surface area (Å²) in [5.74, 6) is -3.77. The van der Waals surface area contributed by atoms with E-state index in [0.717, 1.165) is 32.1 Å². The number of nitrogens with one attached hydrogen (secondary N) is 2. The number of likely N-dealkylation sites (tertiary alicyclic amines) is 1. The minimum Gasteiger partial charge on any atom is -0.438 e. The zero-order valence-electron chi connectivity index (χ0n) is 26.6. The number of hydrogen-bond acceptors (Lipinski definition) is 7. The van der Waals surface area contributed by atoms with Gasteiger partial charge in [0.05, 0.1) is 0 Å². The van der Waals surface area contributed by atoms with Crippen molar-refractivity contribution < 1.29 is 33.5 Å². The molecule has 1 saturated heterocycles. The van der Waals surface area contributed by atoms with E-state index >= 15 is 0 Å². The maximum Gasteiger partial charge on any atom is 0.408 e. The number of alkyl carbamates (subject to hydrolysis) is 1. The Hall–Kier alpha value is -3.76. The van der Waals surface area contributed by atoms with Crippen LogP contribution in [0.5, 0.6) is 0 Å². The van der Waals surface area contributed by atoms with Gasteiger partial charge in [-0.25, -0.2) is 4.79 Å².